The number of hydrogen-bond donors (Lipinski definition) is 1. The maximum atomic E-state index is 6.00. The van der Waals surface area contributed by atoms with Crippen LogP contribution in [0.3, 0.4) is 0 Å². The average molecular weight is 223 g/mol. The molecule has 0 saturated carbocycles. The molecular formula is C13H21NO2. The summed E-state index contributed by atoms with van der Waals surface area (Å²) in [7, 11) is 0. The summed E-state index contributed by atoms with van der Waals surface area (Å²) in [5.41, 5.74) is -0.214. The highest BCUT2D eigenvalue weighted by atomic mass is 16.5. The molecule has 1 aromatic heterocycles. The van der Waals surface area contributed by atoms with Gasteiger partial charge in [0.15, 0.2) is 0 Å². The topological polar surface area (TPSA) is 34.4 Å². The Morgan fingerprint density at radius 3 is 3.00 bits per heavy atom. The zero-order valence-corrected chi connectivity index (χ0v) is 10.2. The summed E-state index contributed by atoms with van der Waals surface area (Å²) >= 11 is 0. The van der Waals surface area contributed by atoms with Crippen LogP contribution in [0.25, 0.3) is 0 Å². The van der Waals surface area contributed by atoms with E-state index in [-0.39, 0.29) is 5.60 Å². The third kappa shape index (κ3) is 2.15. The van der Waals surface area contributed by atoms with Gasteiger partial charge in [0.2, 0.25) is 0 Å². The van der Waals surface area contributed by atoms with Gasteiger partial charge >= 0.3 is 0 Å². The monoisotopic (exact) mass is 223 g/mol. The lowest BCUT2D eigenvalue weighted by molar-refractivity contribution is -0.109. The standard InChI is InChI=1S/C13H21NO2/c1-3-13(12-6-5-8-15-12)10-11(14-4-2)7-9-16-13/h5-6,8,11,14H,3-4,7,9-10H2,1-2H3. The van der Waals surface area contributed by atoms with Crippen molar-refractivity contribution in [2.24, 2.45) is 0 Å². The SMILES string of the molecule is CCNC1CCOC(CC)(c2ccco2)C1. The Morgan fingerprint density at radius 2 is 2.38 bits per heavy atom. The van der Waals surface area contributed by atoms with E-state index in [0.717, 1.165) is 38.2 Å². The number of furan rings is 1. The van der Waals surface area contributed by atoms with Crippen LogP contribution < -0.4 is 5.32 Å². The Bertz CT molecular complexity index is 308. The lowest BCUT2D eigenvalue weighted by Gasteiger charge is -2.39. The van der Waals surface area contributed by atoms with E-state index in [4.69, 9.17) is 9.15 Å². The third-order valence-electron chi connectivity index (χ3n) is 3.45. The Kier molecular flexibility index (Phi) is 3.66. The molecule has 0 aromatic carbocycles. The molecule has 1 aromatic rings. The number of ether oxygens (including phenoxy) is 1. The van der Waals surface area contributed by atoms with Crippen molar-refractivity contribution >= 4 is 0 Å². The molecule has 0 amide bonds. The molecule has 1 aliphatic rings. The first-order valence-electron chi connectivity index (χ1n) is 6.22. The minimum atomic E-state index is -0.214. The lowest BCUT2D eigenvalue weighted by atomic mass is 9.86. The molecule has 2 rings (SSSR count). The Balaban J connectivity index is 2.14. The van der Waals surface area contributed by atoms with E-state index in [1.54, 1.807) is 6.26 Å². The molecule has 1 saturated heterocycles. The van der Waals surface area contributed by atoms with E-state index in [9.17, 15) is 0 Å². The smallest absolute Gasteiger partial charge is 0.135 e. The summed E-state index contributed by atoms with van der Waals surface area (Å²) in [6.07, 6.45) is 4.79. The molecule has 3 heteroatoms. The molecule has 1 fully saturated rings. The summed E-state index contributed by atoms with van der Waals surface area (Å²) in [5.74, 6) is 0.970. The van der Waals surface area contributed by atoms with Crippen LogP contribution in [0.2, 0.25) is 0 Å². The predicted octanol–water partition coefficient (Wildman–Crippen LogP) is 2.67. The molecule has 0 spiro atoms. The fourth-order valence-electron chi connectivity index (χ4n) is 2.55. The minimum absolute atomic E-state index is 0.214. The first kappa shape index (κ1) is 11.7. The number of rotatable bonds is 4. The van der Waals surface area contributed by atoms with Crippen molar-refractivity contribution in [1.29, 1.82) is 0 Å². The van der Waals surface area contributed by atoms with Crippen LogP contribution in [0, 0.1) is 0 Å². The molecule has 16 heavy (non-hydrogen) atoms. The van der Waals surface area contributed by atoms with Crippen molar-refractivity contribution in [3.8, 4) is 0 Å². The zero-order chi connectivity index (χ0) is 11.4. The van der Waals surface area contributed by atoms with Crippen molar-refractivity contribution in [3.05, 3.63) is 24.2 Å². The largest absolute Gasteiger partial charge is 0.466 e. The van der Waals surface area contributed by atoms with E-state index in [1.165, 1.54) is 0 Å². The summed E-state index contributed by atoms with van der Waals surface area (Å²) in [5, 5.41) is 3.51. The molecule has 2 heterocycles. The van der Waals surface area contributed by atoms with Gasteiger partial charge in [-0.3, -0.25) is 0 Å². The van der Waals surface area contributed by atoms with Crippen LogP contribution >= 0.6 is 0 Å². The Morgan fingerprint density at radius 1 is 1.50 bits per heavy atom. The quantitative estimate of drug-likeness (QED) is 0.852. The second-order valence-corrected chi connectivity index (χ2v) is 4.42. The van der Waals surface area contributed by atoms with E-state index in [2.05, 4.69) is 19.2 Å². The molecule has 1 aliphatic heterocycles. The number of hydrogen-bond acceptors (Lipinski definition) is 3. The average Bonchev–Trinajstić information content (AvgIpc) is 2.84. The van der Waals surface area contributed by atoms with E-state index in [1.807, 2.05) is 12.1 Å². The highest BCUT2D eigenvalue weighted by molar-refractivity contribution is 5.11. The molecule has 2 unspecified atom stereocenters. The van der Waals surface area contributed by atoms with Gasteiger partial charge in [0.25, 0.3) is 0 Å². The van der Waals surface area contributed by atoms with Gasteiger partial charge in [-0.2, -0.15) is 0 Å². The van der Waals surface area contributed by atoms with Gasteiger partial charge in [0.1, 0.15) is 11.4 Å². The second kappa shape index (κ2) is 5.02. The van der Waals surface area contributed by atoms with Crippen LogP contribution in [0.5, 0.6) is 0 Å². The van der Waals surface area contributed by atoms with Gasteiger partial charge < -0.3 is 14.5 Å². The molecule has 3 nitrogen and oxygen atoms in total. The fourth-order valence-corrected chi connectivity index (χ4v) is 2.55. The predicted molar refractivity (Wildman–Crippen MR) is 63.3 cm³/mol. The van der Waals surface area contributed by atoms with E-state index >= 15 is 0 Å². The van der Waals surface area contributed by atoms with Crippen molar-refractivity contribution in [2.75, 3.05) is 13.2 Å². The van der Waals surface area contributed by atoms with Crippen molar-refractivity contribution < 1.29 is 9.15 Å². The van der Waals surface area contributed by atoms with Gasteiger partial charge in [-0.15, -0.1) is 0 Å². The summed E-state index contributed by atoms with van der Waals surface area (Å²) in [4.78, 5) is 0. The fraction of sp³-hybridized carbons (Fsp3) is 0.692. The first-order chi connectivity index (χ1) is 7.80. The highest BCUT2D eigenvalue weighted by Gasteiger charge is 2.39. The normalized spacial score (nSPS) is 30.5. The Labute approximate surface area is 97.2 Å². The summed E-state index contributed by atoms with van der Waals surface area (Å²) in [6.45, 7) is 6.14. The first-order valence-corrected chi connectivity index (χ1v) is 6.22. The molecule has 2 atom stereocenters. The van der Waals surface area contributed by atoms with E-state index in [0.29, 0.717) is 6.04 Å². The van der Waals surface area contributed by atoms with Gasteiger partial charge in [-0.25, -0.2) is 0 Å². The molecule has 0 aliphatic carbocycles. The maximum Gasteiger partial charge on any atom is 0.135 e. The molecule has 90 valence electrons. The number of nitrogens with one attached hydrogen (secondary N) is 1. The van der Waals surface area contributed by atoms with Gasteiger partial charge in [0, 0.05) is 12.6 Å². The Hall–Kier alpha value is -0.800. The van der Waals surface area contributed by atoms with Gasteiger partial charge in [-0.05, 0) is 37.9 Å². The summed E-state index contributed by atoms with van der Waals surface area (Å²) in [6, 6.07) is 4.51. The van der Waals surface area contributed by atoms with E-state index < -0.39 is 0 Å². The van der Waals surface area contributed by atoms with Crippen LogP contribution in [0.15, 0.2) is 22.8 Å². The van der Waals surface area contributed by atoms with Crippen LogP contribution in [0.4, 0.5) is 0 Å². The lowest BCUT2D eigenvalue weighted by Crippen LogP contribution is -2.44. The van der Waals surface area contributed by atoms with Crippen molar-refractivity contribution in [1.82, 2.24) is 5.32 Å². The third-order valence-corrected chi connectivity index (χ3v) is 3.45. The minimum Gasteiger partial charge on any atom is -0.466 e. The molecule has 0 bridgehead atoms. The van der Waals surface area contributed by atoms with Gasteiger partial charge in [0.05, 0.1) is 6.26 Å². The molecular weight excluding hydrogens is 202 g/mol. The van der Waals surface area contributed by atoms with Crippen LogP contribution in [0.1, 0.15) is 38.9 Å². The maximum absolute atomic E-state index is 6.00. The van der Waals surface area contributed by atoms with Crippen molar-refractivity contribution in [3.63, 3.8) is 0 Å². The molecule has 0 radical (unpaired) electrons. The second-order valence-electron chi connectivity index (χ2n) is 4.42. The summed E-state index contributed by atoms with van der Waals surface area (Å²) < 4.78 is 11.5. The molecule has 1 N–H and O–H groups in total. The zero-order valence-electron chi connectivity index (χ0n) is 10.2. The highest BCUT2D eigenvalue weighted by Crippen LogP contribution is 2.38. The van der Waals surface area contributed by atoms with Gasteiger partial charge in [-0.1, -0.05) is 13.8 Å². The van der Waals surface area contributed by atoms with Crippen LogP contribution in [-0.2, 0) is 10.3 Å². The van der Waals surface area contributed by atoms with Crippen LogP contribution in [-0.4, -0.2) is 19.2 Å². The van der Waals surface area contributed by atoms with Crippen molar-refractivity contribution in [2.45, 2.75) is 44.8 Å².